The zero-order chi connectivity index (χ0) is 13.8. The topological polar surface area (TPSA) is 12.0 Å². The zero-order valence-electron chi connectivity index (χ0n) is 11.7. The monoisotopic (exact) mass is 273 g/mol. The number of nitrogens with one attached hydrogen (secondary N) is 1. The number of halogens is 1. The van der Waals surface area contributed by atoms with Crippen molar-refractivity contribution in [2.45, 2.75) is 26.3 Å². The third kappa shape index (κ3) is 3.59. The van der Waals surface area contributed by atoms with E-state index in [0.29, 0.717) is 6.04 Å². The van der Waals surface area contributed by atoms with Gasteiger partial charge in [0.05, 0.1) is 0 Å². The summed E-state index contributed by atoms with van der Waals surface area (Å²) in [6.07, 6.45) is 0.902. The molecule has 1 unspecified atom stereocenters. The van der Waals surface area contributed by atoms with Crippen molar-refractivity contribution in [3.8, 4) is 0 Å². The van der Waals surface area contributed by atoms with E-state index < -0.39 is 0 Å². The Morgan fingerprint density at radius 2 is 1.68 bits per heavy atom. The van der Waals surface area contributed by atoms with Crippen LogP contribution in [0, 0.1) is 13.8 Å². The summed E-state index contributed by atoms with van der Waals surface area (Å²) in [4.78, 5) is 0. The van der Waals surface area contributed by atoms with Crippen LogP contribution in [-0.2, 0) is 6.42 Å². The van der Waals surface area contributed by atoms with Gasteiger partial charge in [0.15, 0.2) is 0 Å². The second-order valence-corrected chi connectivity index (χ2v) is 5.47. The first kappa shape index (κ1) is 14.1. The van der Waals surface area contributed by atoms with Crippen molar-refractivity contribution in [2.24, 2.45) is 0 Å². The predicted molar refractivity (Wildman–Crippen MR) is 82.9 cm³/mol. The smallest absolute Gasteiger partial charge is 0.0438 e. The third-order valence-electron chi connectivity index (χ3n) is 3.38. The molecular weight excluding hydrogens is 254 g/mol. The van der Waals surface area contributed by atoms with E-state index in [-0.39, 0.29) is 0 Å². The molecule has 0 aliphatic rings. The number of rotatable bonds is 4. The van der Waals surface area contributed by atoms with Crippen molar-refractivity contribution in [1.29, 1.82) is 0 Å². The van der Waals surface area contributed by atoms with Crippen LogP contribution in [0.4, 0.5) is 0 Å². The van der Waals surface area contributed by atoms with Gasteiger partial charge >= 0.3 is 0 Å². The normalized spacial score (nSPS) is 12.4. The zero-order valence-corrected chi connectivity index (χ0v) is 12.5. The maximum Gasteiger partial charge on any atom is 0.0438 e. The van der Waals surface area contributed by atoms with Crippen LogP contribution in [-0.4, -0.2) is 7.05 Å². The molecule has 1 atom stereocenters. The average molecular weight is 274 g/mol. The molecule has 2 aromatic carbocycles. The summed E-state index contributed by atoms with van der Waals surface area (Å²) >= 11 is 6.25. The molecule has 0 amide bonds. The van der Waals surface area contributed by atoms with Crippen LogP contribution in [0.2, 0.25) is 5.02 Å². The molecule has 1 nitrogen and oxygen atoms in total. The molecule has 0 aliphatic heterocycles. The van der Waals surface area contributed by atoms with Gasteiger partial charge in [-0.15, -0.1) is 0 Å². The second kappa shape index (κ2) is 6.23. The lowest BCUT2D eigenvalue weighted by Gasteiger charge is -2.18. The van der Waals surface area contributed by atoms with Crippen molar-refractivity contribution < 1.29 is 0 Å². The molecule has 2 aromatic rings. The van der Waals surface area contributed by atoms with Gasteiger partial charge in [0.1, 0.15) is 0 Å². The highest BCUT2D eigenvalue weighted by molar-refractivity contribution is 6.31. The van der Waals surface area contributed by atoms with Crippen LogP contribution < -0.4 is 5.32 Å². The van der Waals surface area contributed by atoms with Gasteiger partial charge in [-0.2, -0.15) is 0 Å². The fraction of sp³-hybridized carbons (Fsp3) is 0.294. The van der Waals surface area contributed by atoms with Crippen LogP contribution in [0.25, 0.3) is 0 Å². The number of benzene rings is 2. The first-order chi connectivity index (χ1) is 9.10. The molecular formula is C17H20ClN. The van der Waals surface area contributed by atoms with E-state index in [1.165, 1.54) is 22.3 Å². The Labute approximate surface area is 120 Å². The maximum absolute atomic E-state index is 6.25. The minimum atomic E-state index is 0.290. The minimum absolute atomic E-state index is 0.290. The molecule has 0 fully saturated rings. The van der Waals surface area contributed by atoms with Crippen LogP contribution in [0.3, 0.4) is 0 Å². The molecule has 0 spiro atoms. The van der Waals surface area contributed by atoms with E-state index in [1.807, 2.05) is 25.2 Å². The summed E-state index contributed by atoms with van der Waals surface area (Å²) in [5.74, 6) is 0. The molecule has 0 radical (unpaired) electrons. The fourth-order valence-corrected chi connectivity index (χ4v) is 2.69. The summed E-state index contributed by atoms with van der Waals surface area (Å²) in [6.45, 7) is 4.28. The molecule has 0 saturated heterocycles. The Balaban J connectivity index is 2.28. The van der Waals surface area contributed by atoms with E-state index in [9.17, 15) is 0 Å². The van der Waals surface area contributed by atoms with Gasteiger partial charge < -0.3 is 5.32 Å². The highest BCUT2D eigenvalue weighted by Gasteiger charge is 2.12. The summed E-state index contributed by atoms with van der Waals surface area (Å²) in [7, 11) is 2.00. The minimum Gasteiger partial charge on any atom is -0.313 e. The number of likely N-dealkylation sites (N-methyl/N-ethyl adjacent to an activating group) is 1. The Kier molecular flexibility index (Phi) is 4.62. The van der Waals surface area contributed by atoms with Gasteiger partial charge in [-0.05, 0) is 44.5 Å². The molecule has 19 heavy (non-hydrogen) atoms. The standard InChI is InChI=1S/C17H20ClN/c1-12-8-13(2)10-15(9-12)17(19-3)11-14-6-4-5-7-16(14)18/h4-10,17,19H,11H2,1-3H3. The lowest BCUT2D eigenvalue weighted by atomic mass is 9.96. The highest BCUT2D eigenvalue weighted by Crippen LogP contribution is 2.24. The maximum atomic E-state index is 6.25. The summed E-state index contributed by atoms with van der Waals surface area (Å²) < 4.78 is 0. The largest absolute Gasteiger partial charge is 0.313 e. The predicted octanol–water partition coefficient (Wildman–Crippen LogP) is 4.46. The van der Waals surface area contributed by atoms with Gasteiger partial charge in [-0.1, -0.05) is 59.1 Å². The number of aryl methyl sites for hydroxylation is 2. The molecule has 0 aliphatic carbocycles. The van der Waals surface area contributed by atoms with E-state index in [4.69, 9.17) is 11.6 Å². The lowest BCUT2D eigenvalue weighted by Crippen LogP contribution is -2.19. The van der Waals surface area contributed by atoms with Gasteiger partial charge in [0.2, 0.25) is 0 Å². The number of hydrogen-bond acceptors (Lipinski definition) is 1. The lowest BCUT2D eigenvalue weighted by molar-refractivity contribution is 0.591. The van der Waals surface area contributed by atoms with E-state index in [0.717, 1.165) is 11.4 Å². The summed E-state index contributed by atoms with van der Waals surface area (Å²) in [5, 5.41) is 4.23. The Morgan fingerprint density at radius 1 is 1.05 bits per heavy atom. The fourth-order valence-electron chi connectivity index (χ4n) is 2.48. The molecule has 100 valence electrons. The van der Waals surface area contributed by atoms with Gasteiger partial charge in [-0.25, -0.2) is 0 Å². The Bertz CT molecular complexity index is 543. The van der Waals surface area contributed by atoms with Crippen molar-refractivity contribution in [3.63, 3.8) is 0 Å². The third-order valence-corrected chi connectivity index (χ3v) is 3.75. The average Bonchev–Trinajstić information content (AvgIpc) is 2.36. The van der Waals surface area contributed by atoms with Gasteiger partial charge in [-0.3, -0.25) is 0 Å². The van der Waals surface area contributed by atoms with E-state index >= 15 is 0 Å². The first-order valence-corrected chi connectivity index (χ1v) is 6.97. The van der Waals surface area contributed by atoms with Crippen LogP contribution >= 0.6 is 11.6 Å². The quantitative estimate of drug-likeness (QED) is 0.867. The molecule has 0 heterocycles. The number of hydrogen-bond donors (Lipinski definition) is 1. The molecule has 2 heteroatoms. The molecule has 0 saturated carbocycles. The second-order valence-electron chi connectivity index (χ2n) is 5.06. The van der Waals surface area contributed by atoms with Gasteiger partial charge in [0, 0.05) is 11.1 Å². The van der Waals surface area contributed by atoms with Crippen LogP contribution in [0.15, 0.2) is 42.5 Å². The summed E-state index contributed by atoms with van der Waals surface area (Å²) in [5.41, 5.74) is 5.10. The molecule has 2 rings (SSSR count). The van der Waals surface area contributed by atoms with Gasteiger partial charge in [0.25, 0.3) is 0 Å². The van der Waals surface area contributed by atoms with Crippen molar-refractivity contribution in [2.75, 3.05) is 7.05 Å². The SMILES string of the molecule is CNC(Cc1ccccc1Cl)c1cc(C)cc(C)c1. The summed E-state index contributed by atoms with van der Waals surface area (Å²) in [6, 6.07) is 15.0. The molecule has 1 N–H and O–H groups in total. The highest BCUT2D eigenvalue weighted by atomic mass is 35.5. The molecule has 0 aromatic heterocycles. The van der Waals surface area contributed by atoms with Crippen LogP contribution in [0.5, 0.6) is 0 Å². The van der Waals surface area contributed by atoms with E-state index in [2.05, 4.69) is 43.4 Å². The molecule has 0 bridgehead atoms. The van der Waals surface area contributed by atoms with Crippen molar-refractivity contribution in [1.82, 2.24) is 5.32 Å². The van der Waals surface area contributed by atoms with Crippen molar-refractivity contribution in [3.05, 3.63) is 69.7 Å². The van der Waals surface area contributed by atoms with E-state index in [1.54, 1.807) is 0 Å². The van der Waals surface area contributed by atoms with Crippen LogP contribution in [0.1, 0.15) is 28.3 Å². The Hall–Kier alpha value is -1.31. The first-order valence-electron chi connectivity index (χ1n) is 6.59. The Morgan fingerprint density at radius 3 is 2.26 bits per heavy atom. The van der Waals surface area contributed by atoms with Crippen molar-refractivity contribution >= 4 is 11.6 Å².